The smallest absolute Gasteiger partial charge is 0.193 e. The van der Waals surface area contributed by atoms with Crippen LogP contribution in [0.4, 0.5) is 5.69 Å². The van der Waals surface area contributed by atoms with Gasteiger partial charge in [-0.05, 0) is 43.9 Å². The van der Waals surface area contributed by atoms with Gasteiger partial charge in [0.2, 0.25) is 0 Å². The van der Waals surface area contributed by atoms with Gasteiger partial charge in [-0.1, -0.05) is 30.3 Å². The monoisotopic (exact) mass is 339 g/mol. The Morgan fingerprint density at radius 2 is 1.76 bits per heavy atom. The quantitative estimate of drug-likeness (QED) is 0.618. The first-order chi connectivity index (χ1) is 12.3. The van der Waals surface area contributed by atoms with Crippen LogP contribution in [0.2, 0.25) is 0 Å². The molecule has 1 saturated carbocycles. The predicted octanol–water partition coefficient (Wildman–Crippen LogP) is 3.94. The zero-order valence-electron chi connectivity index (χ0n) is 14.6. The van der Waals surface area contributed by atoms with Crippen LogP contribution in [0.3, 0.4) is 0 Å². The summed E-state index contributed by atoms with van der Waals surface area (Å²) in [4.78, 5) is 4.45. The number of nitrogens with one attached hydrogen (secondary N) is 1. The molecule has 0 aliphatic heterocycles. The van der Waals surface area contributed by atoms with Crippen molar-refractivity contribution in [1.29, 1.82) is 0 Å². The van der Waals surface area contributed by atoms with Crippen LogP contribution in [0.5, 0.6) is 11.5 Å². The zero-order chi connectivity index (χ0) is 17.5. The van der Waals surface area contributed by atoms with Crippen molar-refractivity contribution in [2.75, 3.05) is 12.4 Å². The summed E-state index contributed by atoms with van der Waals surface area (Å²) in [5.74, 6) is 1.98. The van der Waals surface area contributed by atoms with Gasteiger partial charge in [0, 0.05) is 5.56 Å². The van der Waals surface area contributed by atoms with Gasteiger partial charge in [0.15, 0.2) is 5.96 Å². The Kier molecular flexibility index (Phi) is 5.77. The minimum absolute atomic E-state index is 0.328. The van der Waals surface area contributed by atoms with Crippen LogP contribution >= 0.6 is 0 Å². The number of ether oxygens (including phenoxy) is 2. The molecular weight excluding hydrogens is 314 g/mol. The summed E-state index contributed by atoms with van der Waals surface area (Å²) in [6.07, 6.45) is 5.10. The minimum Gasteiger partial charge on any atom is -0.495 e. The molecule has 3 N–H and O–H groups in total. The molecule has 0 heterocycles. The van der Waals surface area contributed by atoms with E-state index in [1.807, 2.05) is 48.5 Å². The molecule has 2 aromatic carbocycles. The van der Waals surface area contributed by atoms with Crippen molar-refractivity contribution in [2.24, 2.45) is 10.7 Å². The highest BCUT2D eigenvalue weighted by Gasteiger charge is 2.17. The van der Waals surface area contributed by atoms with Gasteiger partial charge in [-0.25, -0.2) is 4.99 Å². The molecule has 1 aliphatic carbocycles. The van der Waals surface area contributed by atoms with Crippen molar-refractivity contribution in [3.63, 3.8) is 0 Å². The first kappa shape index (κ1) is 17.1. The van der Waals surface area contributed by atoms with Gasteiger partial charge in [0.05, 0.1) is 25.4 Å². The average molecular weight is 339 g/mol. The summed E-state index contributed by atoms with van der Waals surface area (Å²) in [6.45, 7) is 0.469. The number of methoxy groups -OCH3 is 1. The van der Waals surface area contributed by atoms with E-state index in [0.717, 1.165) is 35.6 Å². The minimum atomic E-state index is 0.328. The van der Waals surface area contributed by atoms with E-state index in [-0.39, 0.29) is 0 Å². The molecule has 5 nitrogen and oxygen atoms in total. The molecule has 5 heteroatoms. The van der Waals surface area contributed by atoms with Crippen LogP contribution < -0.4 is 20.5 Å². The summed E-state index contributed by atoms with van der Waals surface area (Å²) in [6, 6.07) is 15.6. The van der Waals surface area contributed by atoms with Gasteiger partial charge in [-0.15, -0.1) is 0 Å². The molecule has 1 aliphatic rings. The van der Waals surface area contributed by atoms with Crippen molar-refractivity contribution in [2.45, 2.75) is 38.3 Å². The Morgan fingerprint density at radius 3 is 2.52 bits per heavy atom. The van der Waals surface area contributed by atoms with Crippen LogP contribution in [0, 0.1) is 0 Å². The maximum Gasteiger partial charge on any atom is 0.193 e. The number of hydrogen-bond acceptors (Lipinski definition) is 3. The summed E-state index contributed by atoms with van der Waals surface area (Å²) < 4.78 is 11.5. The molecule has 0 bridgehead atoms. The van der Waals surface area contributed by atoms with Crippen molar-refractivity contribution in [1.82, 2.24) is 0 Å². The maximum absolute atomic E-state index is 6.14. The third-order valence-corrected chi connectivity index (χ3v) is 4.36. The molecule has 1 fully saturated rings. The number of anilines is 1. The molecule has 0 unspecified atom stereocenters. The average Bonchev–Trinajstić information content (AvgIpc) is 3.14. The molecule has 0 atom stereocenters. The number of benzene rings is 2. The molecule has 25 heavy (non-hydrogen) atoms. The number of guanidine groups is 1. The number of para-hydroxylation sites is 3. The molecule has 3 rings (SSSR count). The highest BCUT2D eigenvalue weighted by Crippen LogP contribution is 2.27. The van der Waals surface area contributed by atoms with E-state index in [1.54, 1.807) is 7.11 Å². The molecule has 0 aromatic heterocycles. The molecular formula is C20H25N3O2. The Hall–Kier alpha value is -2.69. The van der Waals surface area contributed by atoms with E-state index < -0.39 is 0 Å². The molecule has 0 amide bonds. The third-order valence-electron chi connectivity index (χ3n) is 4.36. The van der Waals surface area contributed by atoms with Gasteiger partial charge in [-0.2, -0.15) is 0 Å². The van der Waals surface area contributed by atoms with E-state index in [9.17, 15) is 0 Å². The Labute approximate surface area is 148 Å². The van der Waals surface area contributed by atoms with Gasteiger partial charge >= 0.3 is 0 Å². The molecule has 0 saturated heterocycles. The van der Waals surface area contributed by atoms with Crippen LogP contribution in [-0.2, 0) is 6.54 Å². The molecule has 0 radical (unpaired) electrons. The van der Waals surface area contributed by atoms with Gasteiger partial charge in [0.25, 0.3) is 0 Å². The fraction of sp³-hybridized carbons (Fsp3) is 0.350. The fourth-order valence-corrected chi connectivity index (χ4v) is 3.03. The molecule has 132 valence electrons. The summed E-state index contributed by atoms with van der Waals surface area (Å²) in [5, 5.41) is 3.09. The topological polar surface area (TPSA) is 68.9 Å². The van der Waals surface area contributed by atoms with Crippen molar-refractivity contribution < 1.29 is 9.47 Å². The second-order valence-corrected chi connectivity index (χ2v) is 6.16. The first-order valence-electron chi connectivity index (χ1n) is 8.71. The Balaban J connectivity index is 1.66. The summed E-state index contributed by atoms with van der Waals surface area (Å²) in [5.41, 5.74) is 7.87. The third kappa shape index (κ3) is 4.66. The molecule has 2 aromatic rings. The Bertz CT molecular complexity index is 724. The highest BCUT2D eigenvalue weighted by molar-refractivity contribution is 5.93. The lowest BCUT2D eigenvalue weighted by molar-refractivity contribution is 0.208. The molecule has 0 spiro atoms. The Morgan fingerprint density at radius 1 is 1.08 bits per heavy atom. The van der Waals surface area contributed by atoms with Gasteiger partial charge in [-0.3, -0.25) is 0 Å². The van der Waals surface area contributed by atoms with E-state index in [2.05, 4.69) is 10.3 Å². The van der Waals surface area contributed by atoms with Crippen molar-refractivity contribution in [3.8, 4) is 11.5 Å². The standard InChI is InChI=1S/C20H25N3O2/c1-24-19-13-7-5-11-17(19)23-20(21)22-14-15-8-2-6-12-18(15)25-16-9-3-4-10-16/h2,5-8,11-13,16H,3-4,9-10,14H2,1H3,(H3,21,22,23). The summed E-state index contributed by atoms with van der Waals surface area (Å²) >= 11 is 0. The summed E-state index contributed by atoms with van der Waals surface area (Å²) in [7, 11) is 1.63. The number of aliphatic imine (C=N–C) groups is 1. The maximum atomic E-state index is 6.14. The number of nitrogens with two attached hydrogens (primary N) is 1. The first-order valence-corrected chi connectivity index (χ1v) is 8.71. The van der Waals surface area contributed by atoms with Crippen LogP contribution in [0.1, 0.15) is 31.2 Å². The van der Waals surface area contributed by atoms with E-state index in [0.29, 0.717) is 18.6 Å². The van der Waals surface area contributed by atoms with E-state index in [4.69, 9.17) is 15.2 Å². The fourth-order valence-electron chi connectivity index (χ4n) is 3.03. The van der Waals surface area contributed by atoms with Crippen LogP contribution in [0.15, 0.2) is 53.5 Å². The highest BCUT2D eigenvalue weighted by atomic mass is 16.5. The lowest BCUT2D eigenvalue weighted by Crippen LogP contribution is -2.23. The van der Waals surface area contributed by atoms with E-state index >= 15 is 0 Å². The predicted molar refractivity (Wildman–Crippen MR) is 101 cm³/mol. The number of hydrogen-bond donors (Lipinski definition) is 2. The lowest BCUT2D eigenvalue weighted by Gasteiger charge is -2.16. The van der Waals surface area contributed by atoms with E-state index in [1.165, 1.54) is 12.8 Å². The zero-order valence-corrected chi connectivity index (χ0v) is 14.6. The largest absolute Gasteiger partial charge is 0.495 e. The SMILES string of the molecule is COc1ccccc1NC(N)=NCc1ccccc1OC1CCCC1. The van der Waals surface area contributed by atoms with Crippen LogP contribution in [-0.4, -0.2) is 19.2 Å². The second-order valence-electron chi connectivity index (χ2n) is 6.16. The number of rotatable bonds is 6. The van der Waals surface area contributed by atoms with Crippen LogP contribution in [0.25, 0.3) is 0 Å². The lowest BCUT2D eigenvalue weighted by atomic mass is 10.2. The van der Waals surface area contributed by atoms with Crippen molar-refractivity contribution in [3.05, 3.63) is 54.1 Å². The number of nitrogens with zero attached hydrogens (tertiary/aromatic N) is 1. The second kappa shape index (κ2) is 8.42. The normalized spacial score (nSPS) is 15.2. The van der Waals surface area contributed by atoms with Crippen molar-refractivity contribution >= 4 is 11.6 Å². The van der Waals surface area contributed by atoms with Gasteiger partial charge in [0.1, 0.15) is 11.5 Å². The van der Waals surface area contributed by atoms with Gasteiger partial charge < -0.3 is 20.5 Å².